The Balaban J connectivity index is 1.77. The Hall–Kier alpha value is -1.51. The summed E-state index contributed by atoms with van der Waals surface area (Å²) in [7, 11) is -2.14. The molecule has 1 amide bonds. The maximum atomic E-state index is 12.4. The van der Waals surface area contributed by atoms with E-state index < -0.39 is 32.2 Å². The van der Waals surface area contributed by atoms with E-state index in [0.29, 0.717) is 5.56 Å². The van der Waals surface area contributed by atoms with Gasteiger partial charge in [-0.15, -0.1) is 6.58 Å². The highest BCUT2D eigenvalue weighted by Crippen LogP contribution is 2.48. The Morgan fingerprint density at radius 3 is 2.66 bits per heavy atom. The first-order valence-corrected chi connectivity index (χ1v) is 13.0. The Bertz CT molecular complexity index is 747. The maximum absolute atomic E-state index is 12.4. The van der Waals surface area contributed by atoms with Crippen molar-refractivity contribution in [1.82, 2.24) is 5.32 Å². The second-order valence-corrected chi connectivity index (χ2v) is 14.2. The van der Waals surface area contributed by atoms with Crippen LogP contribution in [-0.2, 0) is 13.9 Å². The molecule has 0 spiro atoms. The number of amides is 1. The molecule has 2 N–H and O–H groups in total. The number of hydrogen-bond donors (Lipinski definition) is 2. The van der Waals surface area contributed by atoms with Crippen molar-refractivity contribution in [1.29, 1.82) is 0 Å². The standard InChI is InChI=1S/C22H33NO5Si/c1-7-17(24)22-14-26-18(19(22)28-29(5,6)21(2,3)4)16(27-22)13-23-20(25)15-11-9-8-10-12-15/h7-12,16-19,24H,1,13-14H2,2-6H3,(H,23,25). The largest absolute Gasteiger partial charge is 0.408 e. The van der Waals surface area contributed by atoms with E-state index in [4.69, 9.17) is 13.9 Å². The van der Waals surface area contributed by atoms with Gasteiger partial charge in [0.1, 0.15) is 30.0 Å². The molecule has 7 heteroatoms. The highest BCUT2D eigenvalue weighted by molar-refractivity contribution is 6.74. The van der Waals surface area contributed by atoms with Gasteiger partial charge in [0.15, 0.2) is 8.32 Å². The van der Waals surface area contributed by atoms with Gasteiger partial charge >= 0.3 is 0 Å². The van der Waals surface area contributed by atoms with Gasteiger partial charge in [-0.2, -0.15) is 0 Å². The third-order valence-electron chi connectivity index (χ3n) is 6.47. The molecular formula is C22H33NO5Si. The molecule has 1 aromatic rings. The van der Waals surface area contributed by atoms with Gasteiger partial charge in [0.2, 0.25) is 0 Å². The van der Waals surface area contributed by atoms with Crippen molar-refractivity contribution < 1.29 is 23.8 Å². The average molecular weight is 420 g/mol. The molecule has 1 aromatic carbocycles. The van der Waals surface area contributed by atoms with E-state index in [2.05, 4.69) is 45.8 Å². The molecule has 2 heterocycles. The van der Waals surface area contributed by atoms with E-state index in [1.54, 1.807) is 12.1 Å². The van der Waals surface area contributed by atoms with Crippen LogP contribution in [0.25, 0.3) is 0 Å². The minimum Gasteiger partial charge on any atom is -0.408 e. The van der Waals surface area contributed by atoms with E-state index >= 15 is 0 Å². The number of ether oxygens (including phenoxy) is 2. The Morgan fingerprint density at radius 1 is 1.41 bits per heavy atom. The first-order chi connectivity index (χ1) is 13.5. The van der Waals surface area contributed by atoms with Gasteiger partial charge in [-0.05, 0) is 30.3 Å². The monoisotopic (exact) mass is 419 g/mol. The fraction of sp³-hybridized carbons (Fsp3) is 0.591. The molecule has 2 bridgehead atoms. The first-order valence-electron chi connectivity index (χ1n) is 10.1. The number of carbonyl (C=O) groups is 1. The lowest BCUT2D eigenvalue weighted by Gasteiger charge is -2.41. The molecule has 0 aliphatic carbocycles. The van der Waals surface area contributed by atoms with Gasteiger partial charge in [0, 0.05) is 12.1 Å². The Labute approximate surface area is 174 Å². The molecule has 0 radical (unpaired) electrons. The normalized spacial score (nSPS) is 30.2. The summed E-state index contributed by atoms with van der Waals surface area (Å²) in [4.78, 5) is 12.4. The fourth-order valence-corrected chi connectivity index (χ4v) is 4.97. The third-order valence-corrected chi connectivity index (χ3v) is 10.9. The molecule has 2 fully saturated rings. The maximum Gasteiger partial charge on any atom is 0.251 e. The SMILES string of the molecule is C=CC(O)C12COC(C(CNC(=O)c3ccccc3)O1)C2O[Si](C)(C)C(C)(C)C. The summed E-state index contributed by atoms with van der Waals surface area (Å²) in [5.74, 6) is -0.169. The van der Waals surface area contributed by atoms with Crippen LogP contribution in [-0.4, -0.2) is 62.5 Å². The first kappa shape index (κ1) is 22.2. The van der Waals surface area contributed by atoms with Crippen molar-refractivity contribution in [2.45, 2.75) is 68.9 Å². The van der Waals surface area contributed by atoms with Crippen molar-refractivity contribution in [2.24, 2.45) is 0 Å². The minimum atomic E-state index is -2.14. The van der Waals surface area contributed by atoms with Crippen LogP contribution in [0.4, 0.5) is 0 Å². The molecule has 0 saturated carbocycles. The number of carbonyl (C=O) groups excluding carboxylic acids is 1. The molecule has 160 valence electrons. The number of aliphatic hydroxyl groups excluding tert-OH is 1. The number of nitrogens with one attached hydrogen (secondary N) is 1. The number of hydrogen-bond acceptors (Lipinski definition) is 5. The topological polar surface area (TPSA) is 77.0 Å². The van der Waals surface area contributed by atoms with Gasteiger partial charge in [-0.3, -0.25) is 4.79 Å². The highest BCUT2D eigenvalue weighted by atomic mass is 28.4. The quantitative estimate of drug-likeness (QED) is 0.525. The average Bonchev–Trinajstić information content (AvgIpc) is 3.17. The molecule has 5 atom stereocenters. The summed E-state index contributed by atoms with van der Waals surface area (Å²) in [6.07, 6.45) is -0.610. The van der Waals surface area contributed by atoms with Crippen LogP contribution >= 0.6 is 0 Å². The summed E-state index contributed by atoms with van der Waals surface area (Å²) in [5.41, 5.74) is -0.407. The van der Waals surface area contributed by atoms with Crippen molar-refractivity contribution in [3.8, 4) is 0 Å². The molecule has 2 aliphatic rings. The van der Waals surface area contributed by atoms with Gasteiger partial charge in [-0.25, -0.2) is 0 Å². The lowest BCUT2D eigenvalue weighted by atomic mass is 9.92. The summed E-state index contributed by atoms with van der Waals surface area (Å²) in [6, 6.07) is 9.04. The predicted octanol–water partition coefficient (Wildman–Crippen LogP) is 2.89. The zero-order chi connectivity index (χ0) is 21.4. The van der Waals surface area contributed by atoms with Crippen molar-refractivity contribution >= 4 is 14.2 Å². The van der Waals surface area contributed by atoms with E-state index in [9.17, 15) is 9.90 Å². The summed E-state index contributed by atoms with van der Waals surface area (Å²) >= 11 is 0. The van der Waals surface area contributed by atoms with Crippen LogP contribution in [0, 0.1) is 0 Å². The van der Waals surface area contributed by atoms with Crippen LogP contribution in [0.1, 0.15) is 31.1 Å². The molecule has 0 aromatic heterocycles. The van der Waals surface area contributed by atoms with Crippen molar-refractivity contribution in [3.05, 3.63) is 48.6 Å². The van der Waals surface area contributed by atoms with Crippen molar-refractivity contribution in [3.63, 3.8) is 0 Å². The summed E-state index contributed by atoms with van der Waals surface area (Å²) < 4.78 is 19.0. The zero-order valence-corrected chi connectivity index (χ0v) is 19.0. The van der Waals surface area contributed by atoms with Crippen molar-refractivity contribution in [2.75, 3.05) is 13.2 Å². The highest BCUT2D eigenvalue weighted by Gasteiger charge is 2.66. The molecule has 29 heavy (non-hydrogen) atoms. The molecule has 3 rings (SSSR count). The van der Waals surface area contributed by atoms with Gasteiger partial charge in [-0.1, -0.05) is 45.0 Å². The van der Waals surface area contributed by atoms with Crippen LogP contribution in [0.3, 0.4) is 0 Å². The Kier molecular flexibility index (Phi) is 6.09. The second-order valence-electron chi connectivity index (χ2n) is 9.44. The lowest BCUT2D eigenvalue weighted by molar-refractivity contribution is -0.174. The van der Waals surface area contributed by atoms with E-state index in [0.717, 1.165) is 0 Å². The van der Waals surface area contributed by atoms with Crippen LogP contribution in [0.15, 0.2) is 43.0 Å². The van der Waals surface area contributed by atoms with Crippen LogP contribution < -0.4 is 5.32 Å². The van der Waals surface area contributed by atoms with Gasteiger partial charge < -0.3 is 24.3 Å². The lowest BCUT2D eigenvalue weighted by Crippen LogP contribution is -2.56. The van der Waals surface area contributed by atoms with Gasteiger partial charge in [0.05, 0.1) is 6.61 Å². The number of aliphatic hydroxyl groups is 1. The molecule has 2 saturated heterocycles. The van der Waals surface area contributed by atoms with Crippen LogP contribution in [0.5, 0.6) is 0 Å². The zero-order valence-electron chi connectivity index (χ0n) is 18.0. The van der Waals surface area contributed by atoms with E-state index in [1.165, 1.54) is 6.08 Å². The van der Waals surface area contributed by atoms with Crippen LogP contribution in [0.2, 0.25) is 18.1 Å². The predicted molar refractivity (Wildman–Crippen MR) is 114 cm³/mol. The number of benzene rings is 1. The third kappa shape index (κ3) is 4.07. The number of fused-ring (bicyclic) bond motifs is 2. The smallest absolute Gasteiger partial charge is 0.251 e. The minimum absolute atomic E-state index is 0.00632. The number of rotatable bonds is 7. The van der Waals surface area contributed by atoms with Gasteiger partial charge in [0.25, 0.3) is 5.91 Å². The second kappa shape index (κ2) is 7.96. The molecule has 2 aliphatic heterocycles. The molecule has 6 nitrogen and oxygen atoms in total. The fourth-order valence-electron chi connectivity index (χ4n) is 3.65. The molecule has 5 unspecified atom stereocenters. The van der Waals surface area contributed by atoms with E-state index in [-0.39, 0.29) is 30.2 Å². The molecular weight excluding hydrogens is 386 g/mol. The summed E-state index contributed by atoms with van der Waals surface area (Å²) in [5, 5.41) is 13.6. The van der Waals surface area contributed by atoms with E-state index in [1.807, 2.05) is 18.2 Å². The Morgan fingerprint density at radius 2 is 2.07 bits per heavy atom. The summed E-state index contributed by atoms with van der Waals surface area (Å²) in [6.45, 7) is 15.1.